The largest absolute Gasteiger partial charge is 0.478 e. The minimum absolute atomic E-state index is 0.0560. The van der Waals surface area contributed by atoms with Crippen molar-refractivity contribution in [2.75, 3.05) is 5.32 Å². The number of rotatable bonds is 5. The third-order valence-corrected chi connectivity index (χ3v) is 3.85. The summed E-state index contributed by atoms with van der Waals surface area (Å²) in [5.74, 6) is -4.09. The van der Waals surface area contributed by atoms with Crippen LogP contribution in [0.4, 0.5) is 9.80 Å². The number of carboxylic acids is 2. The van der Waals surface area contributed by atoms with E-state index < -0.39 is 23.9 Å². The maximum Gasteiger partial charge on any atom is 0.412 e. The molecule has 0 fully saturated rings. The number of carbonyl (C=O) groups is 4. The molecule has 10 heteroatoms. The molecule has 0 spiro atoms. The number of hydrogen-bond donors (Lipinski definition) is 4. The van der Waals surface area contributed by atoms with Gasteiger partial charge in [-0.1, -0.05) is 18.2 Å². The Kier molecular flexibility index (Phi) is 5.69. The van der Waals surface area contributed by atoms with Crippen LogP contribution in [0.2, 0.25) is 0 Å². The second-order valence-corrected chi connectivity index (χ2v) is 5.71. The number of carbonyl (C=O) groups excluding carboxylic acids is 2. The molecule has 1 aromatic heterocycles. The van der Waals surface area contributed by atoms with Crippen molar-refractivity contribution in [2.24, 2.45) is 0 Å². The van der Waals surface area contributed by atoms with Gasteiger partial charge in [0.2, 0.25) is 0 Å². The summed E-state index contributed by atoms with van der Waals surface area (Å²) in [6.07, 6.45) is -0.743. The van der Waals surface area contributed by atoms with Crippen molar-refractivity contribution >= 4 is 40.3 Å². The Labute approximate surface area is 144 Å². The fourth-order valence-corrected chi connectivity index (χ4v) is 2.71. The van der Waals surface area contributed by atoms with Gasteiger partial charge in [-0.3, -0.25) is 4.79 Å². The molecule has 0 radical (unpaired) electrons. The molecule has 2 rings (SSSR count). The first-order valence-electron chi connectivity index (χ1n) is 6.78. The molecule has 25 heavy (non-hydrogen) atoms. The van der Waals surface area contributed by atoms with Crippen LogP contribution in [0.1, 0.15) is 15.2 Å². The van der Waals surface area contributed by atoms with Crippen molar-refractivity contribution in [2.45, 2.75) is 6.54 Å². The first-order chi connectivity index (χ1) is 11.9. The van der Waals surface area contributed by atoms with Gasteiger partial charge in [0.1, 0.15) is 10.8 Å². The Morgan fingerprint density at radius 3 is 2.36 bits per heavy atom. The molecule has 0 saturated carbocycles. The summed E-state index contributed by atoms with van der Waals surface area (Å²) in [7, 11) is 0. The van der Waals surface area contributed by atoms with Gasteiger partial charge in [-0.05, 0) is 18.2 Å². The Balaban J connectivity index is 2.02. The van der Waals surface area contributed by atoms with E-state index in [2.05, 4.69) is 5.32 Å². The lowest BCUT2D eigenvalue weighted by atomic mass is 10.3. The predicted octanol–water partition coefficient (Wildman–Crippen LogP) is 1.76. The van der Waals surface area contributed by atoms with E-state index in [0.717, 1.165) is 11.3 Å². The Morgan fingerprint density at radius 1 is 1.08 bits per heavy atom. The van der Waals surface area contributed by atoms with E-state index in [0.29, 0.717) is 10.6 Å². The van der Waals surface area contributed by atoms with Crippen LogP contribution >= 0.6 is 11.3 Å². The molecule has 0 unspecified atom stereocenters. The van der Waals surface area contributed by atoms with E-state index in [1.54, 1.807) is 30.3 Å². The standard InChI is InChI=1S/C15H12N2O7S/c18-11(14(21)22)17-12-10(13(19)20)6-9(25-12)7-16-15(23)24-8-4-2-1-3-5-8/h1-6H,7H2,(H,16,23)(H,17,18)(H,19,20)(H,21,22). The van der Waals surface area contributed by atoms with Crippen LogP contribution in [0.25, 0.3) is 0 Å². The number of para-hydroxylation sites is 1. The maximum atomic E-state index is 11.7. The number of aromatic carboxylic acids is 1. The molecular weight excluding hydrogens is 352 g/mol. The predicted molar refractivity (Wildman–Crippen MR) is 86.8 cm³/mol. The summed E-state index contributed by atoms with van der Waals surface area (Å²) in [5, 5.41) is 22.0. The second kappa shape index (κ2) is 7.93. The second-order valence-electron chi connectivity index (χ2n) is 4.58. The lowest BCUT2D eigenvalue weighted by Crippen LogP contribution is -2.25. The van der Waals surface area contributed by atoms with Gasteiger partial charge in [-0.25, -0.2) is 14.4 Å². The zero-order valence-corrected chi connectivity index (χ0v) is 13.3. The molecule has 130 valence electrons. The quantitative estimate of drug-likeness (QED) is 0.592. The van der Waals surface area contributed by atoms with Crippen molar-refractivity contribution in [3.05, 3.63) is 46.8 Å². The first-order valence-corrected chi connectivity index (χ1v) is 7.59. The zero-order valence-electron chi connectivity index (χ0n) is 12.5. The average Bonchev–Trinajstić information content (AvgIpc) is 2.97. The molecule has 1 aromatic carbocycles. The van der Waals surface area contributed by atoms with Crippen LogP contribution in [-0.4, -0.2) is 34.2 Å². The lowest BCUT2D eigenvalue weighted by Gasteiger charge is -2.05. The fraction of sp³-hybridized carbons (Fsp3) is 0.0667. The van der Waals surface area contributed by atoms with Crippen molar-refractivity contribution in [3.63, 3.8) is 0 Å². The number of aliphatic carboxylic acids is 1. The third kappa shape index (κ3) is 5.04. The van der Waals surface area contributed by atoms with E-state index in [-0.39, 0.29) is 17.1 Å². The van der Waals surface area contributed by atoms with Gasteiger partial charge in [0.15, 0.2) is 0 Å². The maximum absolute atomic E-state index is 11.7. The van der Waals surface area contributed by atoms with Gasteiger partial charge in [-0.15, -0.1) is 11.3 Å². The fourth-order valence-electron chi connectivity index (χ4n) is 1.73. The van der Waals surface area contributed by atoms with Gasteiger partial charge in [0.05, 0.1) is 12.1 Å². The van der Waals surface area contributed by atoms with Crippen molar-refractivity contribution < 1.29 is 34.1 Å². The number of nitrogens with one attached hydrogen (secondary N) is 2. The number of anilines is 1. The summed E-state index contributed by atoms with van der Waals surface area (Å²) in [5.41, 5.74) is -0.271. The lowest BCUT2D eigenvalue weighted by molar-refractivity contribution is -0.147. The molecule has 2 amide bonds. The molecule has 0 aliphatic carbocycles. The molecule has 1 heterocycles. The topological polar surface area (TPSA) is 142 Å². The summed E-state index contributed by atoms with van der Waals surface area (Å²) >= 11 is 0.835. The number of ether oxygens (including phenoxy) is 1. The highest BCUT2D eigenvalue weighted by Gasteiger charge is 2.20. The number of hydrogen-bond acceptors (Lipinski definition) is 6. The number of benzene rings is 1. The molecular formula is C15H12N2O7S. The van der Waals surface area contributed by atoms with Crippen molar-refractivity contribution in [1.82, 2.24) is 5.32 Å². The van der Waals surface area contributed by atoms with E-state index in [4.69, 9.17) is 14.9 Å². The van der Waals surface area contributed by atoms with Crippen molar-refractivity contribution in [1.29, 1.82) is 0 Å². The molecule has 0 aliphatic heterocycles. The highest BCUT2D eigenvalue weighted by atomic mass is 32.1. The molecule has 0 atom stereocenters. The van der Waals surface area contributed by atoms with Crippen LogP contribution in [0, 0.1) is 0 Å². The zero-order chi connectivity index (χ0) is 18.4. The highest BCUT2D eigenvalue weighted by molar-refractivity contribution is 7.16. The van der Waals surface area contributed by atoms with Crippen molar-refractivity contribution in [3.8, 4) is 5.75 Å². The summed E-state index contributed by atoms with van der Waals surface area (Å²) in [6, 6.07) is 9.56. The smallest absolute Gasteiger partial charge is 0.412 e. The first kappa shape index (κ1) is 17.9. The van der Waals surface area contributed by atoms with Crippen LogP contribution in [0.15, 0.2) is 36.4 Å². The van der Waals surface area contributed by atoms with Gasteiger partial charge >= 0.3 is 23.9 Å². The van der Waals surface area contributed by atoms with E-state index >= 15 is 0 Å². The van der Waals surface area contributed by atoms with Gasteiger partial charge in [0, 0.05) is 4.88 Å². The Hall–Kier alpha value is -3.40. The summed E-state index contributed by atoms with van der Waals surface area (Å²) in [4.78, 5) is 45.0. The average molecular weight is 364 g/mol. The van der Waals surface area contributed by atoms with Gasteiger partial charge in [-0.2, -0.15) is 0 Å². The van der Waals surface area contributed by atoms with E-state index in [9.17, 15) is 19.2 Å². The molecule has 0 saturated heterocycles. The van der Waals surface area contributed by atoms with Crippen LogP contribution in [0.5, 0.6) is 5.75 Å². The SMILES string of the molecule is O=C(NCc1cc(C(=O)O)c(NC(=O)C(=O)O)s1)Oc1ccccc1. The molecule has 9 nitrogen and oxygen atoms in total. The van der Waals surface area contributed by atoms with Crippen LogP contribution < -0.4 is 15.4 Å². The number of thiophene rings is 1. The van der Waals surface area contributed by atoms with Crippen LogP contribution in [0.3, 0.4) is 0 Å². The number of carboxylic acid groups (broad SMARTS) is 2. The minimum Gasteiger partial charge on any atom is -0.478 e. The van der Waals surface area contributed by atoms with Gasteiger partial charge in [0.25, 0.3) is 0 Å². The highest BCUT2D eigenvalue weighted by Crippen LogP contribution is 2.28. The summed E-state index contributed by atoms with van der Waals surface area (Å²) in [6.45, 7) is -0.0560. The third-order valence-electron chi connectivity index (χ3n) is 2.80. The van der Waals surface area contributed by atoms with E-state index in [1.165, 1.54) is 6.07 Å². The molecule has 4 N–H and O–H groups in total. The monoisotopic (exact) mass is 364 g/mol. The van der Waals surface area contributed by atoms with Gasteiger partial charge < -0.3 is 25.6 Å². The molecule has 0 aliphatic rings. The van der Waals surface area contributed by atoms with Crippen LogP contribution in [-0.2, 0) is 16.1 Å². The summed E-state index contributed by atoms with van der Waals surface area (Å²) < 4.78 is 5.01. The number of amides is 2. The molecule has 2 aromatic rings. The Bertz CT molecular complexity index is 817. The molecule has 0 bridgehead atoms. The normalized spacial score (nSPS) is 9.92. The van der Waals surface area contributed by atoms with E-state index in [1.807, 2.05) is 5.32 Å². The Morgan fingerprint density at radius 2 is 1.76 bits per heavy atom. The minimum atomic E-state index is -1.74.